The molecule has 5 heteroatoms. The lowest BCUT2D eigenvalue weighted by Crippen LogP contribution is -2.20. The highest BCUT2D eigenvalue weighted by Crippen LogP contribution is 2.28. The second kappa shape index (κ2) is 4.79. The van der Waals surface area contributed by atoms with Gasteiger partial charge in [-0.05, 0) is 25.2 Å². The molecule has 4 nitrogen and oxygen atoms in total. The molecule has 0 radical (unpaired) electrons. The average molecular weight is 213 g/mol. The van der Waals surface area contributed by atoms with Crippen molar-refractivity contribution in [3.63, 3.8) is 0 Å². The van der Waals surface area contributed by atoms with E-state index in [-0.39, 0.29) is 6.10 Å². The maximum absolute atomic E-state index is 9.49. The van der Waals surface area contributed by atoms with Crippen LogP contribution in [0, 0.1) is 5.92 Å². The predicted octanol–water partition coefficient (Wildman–Crippen LogP) is 1.45. The summed E-state index contributed by atoms with van der Waals surface area (Å²) in [5.74, 6) is 1.67. The molecule has 1 fully saturated rings. The number of H-pyrrole nitrogens is 1. The summed E-state index contributed by atoms with van der Waals surface area (Å²) in [4.78, 5) is 4.05. The third-order valence-electron chi connectivity index (χ3n) is 2.60. The van der Waals surface area contributed by atoms with Crippen molar-refractivity contribution in [1.29, 1.82) is 0 Å². The molecule has 14 heavy (non-hydrogen) atoms. The van der Waals surface area contributed by atoms with E-state index in [1.54, 1.807) is 11.8 Å². The number of aliphatic hydroxyl groups excluding tert-OH is 1. The Balaban J connectivity index is 1.75. The number of aromatic amines is 1. The summed E-state index contributed by atoms with van der Waals surface area (Å²) in [6.07, 6.45) is 5.76. The highest BCUT2D eigenvalue weighted by Gasteiger charge is 2.20. The molecule has 1 heterocycles. The van der Waals surface area contributed by atoms with Gasteiger partial charge in [-0.15, -0.1) is 0 Å². The van der Waals surface area contributed by atoms with E-state index in [2.05, 4.69) is 15.2 Å². The van der Waals surface area contributed by atoms with Crippen molar-refractivity contribution in [2.75, 3.05) is 5.75 Å². The van der Waals surface area contributed by atoms with Gasteiger partial charge in [-0.1, -0.05) is 18.2 Å². The van der Waals surface area contributed by atoms with Crippen molar-refractivity contribution in [2.45, 2.75) is 36.9 Å². The molecule has 1 aliphatic rings. The van der Waals surface area contributed by atoms with Crippen molar-refractivity contribution >= 4 is 11.8 Å². The van der Waals surface area contributed by atoms with E-state index >= 15 is 0 Å². The molecule has 2 unspecified atom stereocenters. The fraction of sp³-hybridized carbons (Fsp3) is 0.778. The van der Waals surface area contributed by atoms with Crippen LogP contribution >= 0.6 is 11.8 Å². The van der Waals surface area contributed by atoms with Gasteiger partial charge in [0.2, 0.25) is 0 Å². The number of aliphatic hydroxyl groups is 1. The first-order valence-corrected chi connectivity index (χ1v) is 5.99. The number of hydrogen-bond donors (Lipinski definition) is 2. The van der Waals surface area contributed by atoms with Crippen LogP contribution in [0.1, 0.15) is 25.7 Å². The zero-order valence-corrected chi connectivity index (χ0v) is 8.83. The molecule has 1 aromatic rings. The zero-order chi connectivity index (χ0) is 9.80. The predicted molar refractivity (Wildman–Crippen MR) is 55.1 cm³/mol. The topological polar surface area (TPSA) is 61.8 Å². The minimum absolute atomic E-state index is 0.0796. The number of hydrogen-bond acceptors (Lipinski definition) is 4. The molecule has 78 valence electrons. The van der Waals surface area contributed by atoms with Crippen molar-refractivity contribution < 1.29 is 5.11 Å². The molecule has 1 aromatic heterocycles. The van der Waals surface area contributed by atoms with Crippen LogP contribution in [0.4, 0.5) is 0 Å². The van der Waals surface area contributed by atoms with E-state index in [0.29, 0.717) is 5.92 Å². The van der Waals surface area contributed by atoms with Gasteiger partial charge in [-0.2, -0.15) is 5.10 Å². The number of nitrogens with one attached hydrogen (secondary N) is 1. The Bertz CT molecular complexity index is 265. The SMILES string of the molecule is OC1CCCC(CSc2ncn[nH]2)C1. The summed E-state index contributed by atoms with van der Waals surface area (Å²) < 4.78 is 0. The van der Waals surface area contributed by atoms with Gasteiger partial charge in [0, 0.05) is 5.75 Å². The average Bonchev–Trinajstić information content (AvgIpc) is 2.67. The fourth-order valence-corrected chi connectivity index (χ4v) is 2.81. The first-order chi connectivity index (χ1) is 6.84. The highest BCUT2D eigenvalue weighted by molar-refractivity contribution is 7.99. The standard InChI is InChI=1S/C9H15N3OS/c13-8-3-1-2-7(4-8)5-14-9-10-6-11-12-9/h6-8,13H,1-5H2,(H,10,11,12). The van der Waals surface area contributed by atoms with Gasteiger partial charge >= 0.3 is 0 Å². The summed E-state index contributed by atoms with van der Waals surface area (Å²) in [6, 6.07) is 0. The lowest BCUT2D eigenvalue weighted by atomic mass is 9.89. The van der Waals surface area contributed by atoms with Crippen LogP contribution in [0.5, 0.6) is 0 Å². The summed E-state index contributed by atoms with van der Waals surface area (Å²) in [5.41, 5.74) is 0. The summed E-state index contributed by atoms with van der Waals surface area (Å²) >= 11 is 1.70. The van der Waals surface area contributed by atoms with E-state index in [4.69, 9.17) is 0 Å². The molecule has 1 saturated carbocycles. The van der Waals surface area contributed by atoms with Crippen LogP contribution in [-0.4, -0.2) is 32.1 Å². The second-order valence-electron chi connectivity index (χ2n) is 3.79. The zero-order valence-electron chi connectivity index (χ0n) is 8.02. The Kier molecular flexibility index (Phi) is 3.42. The minimum atomic E-state index is -0.0796. The Hall–Kier alpha value is -0.550. The molecule has 0 amide bonds. The van der Waals surface area contributed by atoms with Crippen LogP contribution < -0.4 is 0 Å². The van der Waals surface area contributed by atoms with Gasteiger partial charge in [-0.3, -0.25) is 5.10 Å². The minimum Gasteiger partial charge on any atom is -0.393 e. The smallest absolute Gasteiger partial charge is 0.183 e. The molecule has 0 saturated heterocycles. The normalized spacial score (nSPS) is 27.8. The van der Waals surface area contributed by atoms with Crippen molar-refractivity contribution in [3.05, 3.63) is 6.33 Å². The van der Waals surface area contributed by atoms with Gasteiger partial charge in [0.05, 0.1) is 6.10 Å². The third kappa shape index (κ3) is 2.72. The molecule has 0 aromatic carbocycles. The number of nitrogens with zero attached hydrogens (tertiary/aromatic N) is 2. The van der Waals surface area contributed by atoms with E-state index in [1.807, 2.05) is 0 Å². The Morgan fingerprint density at radius 3 is 3.21 bits per heavy atom. The lowest BCUT2D eigenvalue weighted by molar-refractivity contribution is 0.107. The van der Waals surface area contributed by atoms with Crippen molar-refractivity contribution in [3.8, 4) is 0 Å². The molecule has 2 rings (SSSR count). The lowest BCUT2D eigenvalue weighted by Gasteiger charge is -2.24. The van der Waals surface area contributed by atoms with Gasteiger partial charge in [0.15, 0.2) is 5.16 Å². The van der Waals surface area contributed by atoms with Crippen LogP contribution in [-0.2, 0) is 0 Å². The Labute approximate surface area is 87.5 Å². The third-order valence-corrected chi connectivity index (χ3v) is 3.71. The second-order valence-corrected chi connectivity index (χ2v) is 4.80. The van der Waals surface area contributed by atoms with Gasteiger partial charge in [-0.25, -0.2) is 4.98 Å². The van der Waals surface area contributed by atoms with Crippen LogP contribution in [0.3, 0.4) is 0 Å². The molecule has 0 bridgehead atoms. The molecule has 0 spiro atoms. The van der Waals surface area contributed by atoms with E-state index in [0.717, 1.165) is 30.2 Å². The monoisotopic (exact) mass is 213 g/mol. The van der Waals surface area contributed by atoms with E-state index < -0.39 is 0 Å². The van der Waals surface area contributed by atoms with Crippen molar-refractivity contribution in [2.24, 2.45) is 5.92 Å². The maximum Gasteiger partial charge on any atom is 0.183 e. The van der Waals surface area contributed by atoms with Crippen LogP contribution in [0.15, 0.2) is 11.5 Å². The molecular weight excluding hydrogens is 198 g/mol. The van der Waals surface area contributed by atoms with Crippen LogP contribution in [0.25, 0.3) is 0 Å². The molecule has 0 aliphatic heterocycles. The molecular formula is C9H15N3OS. The molecule has 2 atom stereocenters. The van der Waals surface area contributed by atoms with Gasteiger partial charge in [0.25, 0.3) is 0 Å². The Morgan fingerprint density at radius 1 is 1.57 bits per heavy atom. The highest BCUT2D eigenvalue weighted by atomic mass is 32.2. The fourth-order valence-electron chi connectivity index (χ4n) is 1.87. The first-order valence-electron chi connectivity index (χ1n) is 5.01. The first kappa shape index (κ1) is 9.98. The number of thioether (sulfide) groups is 1. The van der Waals surface area contributed by atoms with Crippen molar-refractivity contribution in [1.82, 2.24) is 15.2 Å². The van der Waals surface area contributed by atoms with E-state index in [1.165, 1.54) is 12.7 Å². The maximum atomic E-state index is 9.49. The van der Waals surface area contributed by atoms with E-state index in [9.17, 15) is 5.11 Å². The molecule has 1 aliphatic carbocycles. The molecule has 2 N–H and O–H groups in total. The van der Waals surface area contributed by atoms with Gasteiger partial charge in [0.1, 0.15) is 6.33 Å². The number of rotatable bonds is 3. The Morgan fingerprint density at radius 2 is 2.50 bits per heavy atom. The number of aromatic nitrogens is 3. The summed E-state index contributed by atoms with van der Waals surface area (Å²) in [5, 5.41) is 17.0. The quantitative estimate of drug-likeness (QED) is 0.746. The van der Waals surface area contributed by atoms with Gasteiger partial charge < -0.3 is 5.11 Å². The summed E-state index contributed by atoms with van der Waals surface area (Å²) in [7, 11) is 0. The van der Waals surface area contributed by atoms with Crippen LogP contribution in [0.2, 0.25) is 0 Å². The summed E-state index contributed by atoms with van der Waals surface area (Å²) in [6.45, 7) is 0. The largest absolute Gasteiger partial charge is 0.393 e.